The van der Waals surface area contributed by atoms with Crippen molar-refractivity contribution in [3.8, 4) is 0 Å². The topological polar surface area (TPSA) is 9.23 Å². The van der Waals surface area contributed by atoms with Crippen LogP contribution in [0.4, 0.5) is 0 Å². The molecule has 0 amide bonds. The van der Waals surface area contributed by atoms with E-state index < -0.39 is 0 Å². The molecule has 44 valence electrons. The van der Waals surface area contributed by atoms with Gasteiger partial charge in [-0.05, 0) is 6.42 Å². The Morgan fingerprint density at radius 2 is 2.38 bits per heavy atom. The Balaban J connectivity index is 2.23. The van der Waals surface area contributed by atoms with Gasteiger partial charge in [0, 0.05) is 4.83 Å². The Bertz CT molecular complexity index is 132. The van der Waals surface area contributed by atoms with Gasteiger partial charge in [-0.15, -0.1) is 0 Å². The minimum Gasteiger partial charge on any atom is -0.366 e. The molecule has 8 heavy (non-hydrogen) atoms. The number of rotatable bonds is 0. The molecule has 2 rings (SSSR count). The van der Waals surface area contributed by atoms with E-state index in [0.29, 0.717) is 17.0 Å². The zero-order valence-electron chi connectivity index (χ0n) is 4.38. The molecule has 2 aliphatic heterocycles. The first-order valence-electron chi connectivity index (χ1n) is 2.84. The predicted octanol–water partition coefficient (Wildman–Crippen LogP) is 1.48. The van der Waals surface area contributed by atoms with Crippen molar-refractivity contribution in [1.82, 2.24) is 0 Å². The van der Waals surface area contributed by atoms with Crippen LogP contribution in [-0.4, -0.2) is 17.0 Å². The summed E-state index contributed by atoms with van der Waals surface area (Å²) in [5.41, 5.74) is 0. The summed E-state index contributed by atoms with van der Waals surface area (Å²) in [6, 6.07) is 0. The highest BCUT2D eigenvalue weighted by molar-refractivity contribution is 9.09. The maximum absolute atomic E-state index is 5.43. The molecule has 0 aliphatic carbocycles. The third-order valence-corrected chi connectivity index (χ3v) is 2.56. The summed E-state index contributed by atoms with van der Waals surface area (Å²) >= 11 is 3.52. The average molecular weight is 175 g/mol. The summed E-state index contributed by atoms with van der Waals surface area (Å²) in [6.45, 7) is 0. The number of hydrogen-bond acceptors (Lipinski definition) is 1. The van der Waals surface area contributed by atoms with E-state index in [0.717, 1.165) is 6.42 Å². The minimum absolute atomic E-state index is 0.375. The van der Waals surface area contributed by atoms with Gasteiger partial charge in [0.25, 0.3) is 0 Å². The molecule has 1 fully saturated rings. The van der Waals surface area contributed by atoms with Crippen LogP contribution in [0.3, 0.4) is 0 Å². The second kappa shape index (κ2) is 1.58. The highest BCUT2D eigenvalue weighted by atomic mass is 79.9. The molecule has 0 spiro atoms. The number of hydrogen-bond donors (Lipinski definition) is 0. The molecule has 3 atom stereocenters. The second-order valence-electron chi connectivity index (χ2n) is 2.28. The molecule has 3 unspecified atom stereocenters. The molecule has 1 saturated heterocycles. The number of fused-ring (bicyclic) bond motifs is 2. The molecule has 0 N–H and O–H groups in total. The van der Waals surface area contributed by atoms with Crippen LogP contribution in [0.5, 0.6) is 0 Å². The van der Waals surface area contributed by atoms with Crippen molar-refractivity contribution in [2.75, 3.05) is 0 Å². The zero-order valence-corrected chi connectivity index (χ0v) is 5.97. The lowest BCUT2D eigenvalue weighted by molar-refractivity contribution is 0.122. The molecule has 0 aromatic rings. The van der Waals surface area contributed by atoms with Crippen LogP contribution in [0.2, 0.25) is 0 Å². The van der Waals surface area contributed by atoms with Crippen LogP contribution in [-0.2, 0) is 4.74 Å². The molecule has 2 bridgehead atoms. The van der Waals surface area contributed by atoms with Gasteiger partial charge < -0.3 is 4.74 Å². The van der Waals surface area contributed by atoms with E-state index in [1.165, 1.54) is 0 Å². The molecule has 0 radical (unpaired) electrons. The highest BCUT2D eigenvalue weighted by Crippen LogP contribution is 2.32. The molecule has 2 heteroatoms. The Hall–Kier alpha value is 0.180. The van der Waals surface area contributed by atoms with Gasteiger partial charge >= 0.3 is 0 Å². The van der Waals surface area contributed by atoms with Gasteiger partial charge in [-0.1, -0.05) is 28.1 Å². The zero-order chi connectivity index (χ0) is 5.56. The maximum Gasteiger partial charge on any atom is 0.0890 e. The fourth-order valence-corrected chi connectivity index (χ4v) is 1.89. The molecule has 1 nitrogen and oxygen atoms in total. The predicted molar refractivity (Wildman–Crippen MR) is 35.1 cm³/mol. The maximum atomic E-state index is 5.43. The molecule has 2 heterocycles. The van der Waals surface area contributed by atoms with Crippen molar-refractivity contribution < 1.29 is 4.74 Å². The Labute approximate surface area is 56.8 Å². The third-order valence-electron chi connectivity index (χ3n) is 1.66. The normalized spacial score (nSPS) is 50.9. The standard InChI is InChI=1S/C6H7BrO/c7-5-3-4-1-2-6(5)8-4/h1-2,4-6H,3H2. The van der Waals surface area contributed by atoms with Crippen molar-refractivity contribution in [3.63, 3.8) is 0 Å². The lowest BCUT2D eigenvalue weighted by Gasteiger charge is -2.04. The third kappa shape index (κ3) is 0.562. The van der Waals surface area contributed by atoms with Gasteiger partial charge in [-0.3, -0.25) is 0 Å². The van der Waals surface area contributed by atoms with Crippen LogP contribution in [0.15, 0.2) is 12.2 Å². The molecular weight excluding hydrogens is 168 g/mol. The number of ether oxygens (including phenoxy) is 1. The van der Waals surface area contributed by atoms with Gasteiger partial charge in [0.1, 0.15) is 0 Å². The van der Waals surface area contributed by atoms with Crippen LogP contribution < -0.4 is 0 Å². The Morgan fingerprint density at radius 3 is 2.62 bits per heavy atom. The van der Waals surface area contributed by atoms with Gasteiger partial charge in [0.2, 0.25) is 0 Å². The van der Waals surface area contributed by atoms with E-state index in [2.05, 4.69) is 28.1 Å². The van der Waals surface area contributed by atoms with Gasteiger partial charge in [0.15, 0.2) is 0 Å². The molecule has 0 aromatic heterocycles. The number of halogens is 1. The largest absolute Gasteiger partial charge is 0.366 e. The first-order chi connectivity index (χ1) is 3.86. The van der Waals surface area contributed by atoms with Crippen molar-refractivity contribution in [2.24, 2.45) is 0 Å². The summed E-state index contributed by atoms with van der Waals surface area (Å²) in [6.07, 6.45) is 6.22. The Morgan fingerprint density at radius 1 is 1.50 bits per heavy atom. The molecule has 0 saturated carbocycles. The lowest BCUT2D eigenvalue weighted by atomic mass is 10.1. The molecular formula is C6H7BrO. The summed E-state index contributed by atoms with van der Waals surface area (Å²) in [7, 11) is 0. The van der Waals surface area contributed by atoms with E-state index in [4.69, 9.17) is 4.74 Å². The van der Waals surface area contributed by atoms with Crippen LogP contribution in [0.1, 0.15) is 6.42 Å². The van der Waals surface area contributed by atoms with Gasteiger partial charge in [0.05, 0.1) is 12.2 Å². The van der Waals surface area contributed by atoms with Crippen molar-refractivity contribution in [3.05, 3.63) is 12.2 Å². The Kier molecular flexibility index (Phi) is 0.987. The van der Waals surface area contributed by atoms with Crippen LogP contribution in [0.25, 0.3) is 0 Å². The summed E-state index contributed by atoms with van der Waals surface area (Å²) in [5.74, 6) is 0. The fraction of sp³-hybridized carbons (Fsp3) is 0.667. The SMILES string of the molecule is BrC1CC2C=CC1O2. The average Bonchev–Trinajstić information content (AvgIpc) is 2.23. The summed E-state index contributed by atoms with van der Waals surface area (Å²) in [4.78, 5) is 0.581. The smallest absolute Gasteiger partial charge is 0.0890 e. The van der Waals surface area contributed by atoms with Gasteiger partial charge in [-0.25, -0.2) is 0 Å². The van der Waals surface area contributed by atoms with E-state index in [9.17, 15) is 0 Å². The van der Waals surface area contributed by atoms with Gasteiger partial charge in [-0.2, -0.15) is 0 Å². The van der Waals surface area contributed by atoms with E-state index >= 15 is 0 Å². The highest BCUT2D eigenvalue weighted by Gasteiger charge is 2.34. The molecule has 0 aromatic carbocycles. The van der Waals surface area contributed by atoms with Crippen LogP contribution in [0, 0.1) is 0 Å². The fourth-order valence-electron chi connectivity index (χ4n) is 1.22. The second-order valence-corrected chi connectivity index (χ2v) is 3.45. The van der Waals surface area contributed by atoms with Crippen LogP contribution >= 0.6 is 15.9 Å². The molecule has 2 aliphatic rings. The van der Waals surface area contributed by atoms with E-state index in [1.54, 1.807) is 0 Å². The first-order valence-corrected chi connectivity index (χ1v) is 3.76. The summed E-state index contributed by atoms with van der Waals surface area (Å²) in [5, 5.41) is 0. The lowest BCUT2D eigenvalue weighted by Crippen LogP contribution is -2.10. The minimum atomic E-state index is 0.375. The monoisotopic (exact) mass is 174 g/mol. The van der Waals surface area contributed by atoms with E-state index in [1.807, 2.05) is 0 Å². The van der Waals surface area contributed by atoms with Crippen molar-refractivity contribution in [2.45, 2.75) is 23.5 Å². The van der Waals surface area contributed by atoms with Crippen molar-refractivity contribution in [1.29, 1.82) is 0 Å². The van der Waals surface area contributed by atoms with Crippen molar-refractivity contribution >= 4 is 15.9 Å². The summed E-state index contributed by atoms with van der Waals surface area (Å²) < 4.78 is 5.43. The van der Waals surface area contributed by atoms with E-state index in [-0.39, 0.29) is 0 Å². The quantitative estimate of drug-likeness (QED) is 0.400. The first kappa shape index (κ1) is 5.00. The number of alkyl halides is 1.